The van der Waals surface area contributed by atoms with Gasteiger partial charge in [-0.1, -0.05) is 6.07 Å². The van der Waals surface area contributed by atoms with Crippen LogP contribution in [0.25, 0.3) is 0 Å². The van der Waals surface area contributed by atoms with Gasteiger partial charge in [0.15, 0.2) is 11.5 Å². The summed E-state index contributed by atoms with van der Waals surface area (Å²) in [6, 6.07) is 5.64. The molecule has 3 aromatic rings. The number of benzene rings is 1. The van der Waals surface area contributed by atoms with E-state index in [1.54, 1.807) is 17.8 Å². The van der Waals surface area contributed by atoms with E-state index in [1.807, 2.05) is 32.0 Å². The van der Waals surface area contributed by atoms with Crippen LogP contribution in [0.5, 0.6) is 11.5 Å². The van der Waals surface area contributed by atoms with Crippen molar-refractivity contribution in [2.45, 2.75) is 33.9 Å². The van der Waals surface area contributed by atoms with Gasteiger partial charge in [0.05, 0.1) is 36.6 Å². The minimum Gasteiger partial charge on any atom is -0.490 e. The fraction of sp³-hybridized carbons (Fsp3) is 0.350. The Hall–Kier alpha value is -3.89. The highest BCUT2D eigenvalue weighted by Gasteiger charge is 2.25. The second kappa shape index (κ2) is 9.74. The van der Waals surface area contributed by atoms with Crippen molar-refractivity contribution >= 4 is 17.3 Å². The Morgan fingerprint density at radius 3 is 2.55 bits per heavy atom. The molecule has 1 aromatic carbocycles. The van der Waals surface area contributed by atoms with Crippen LogP contribution in [-0.2, 0) is 13.1 Å². The number of nitro groups is 1. The van der Waals surface area contributed by atoms with Crippen molar-refractivity contribution in [3.8, 4) is 11.5 Å². The zero-order valence-electron chi connectivity index (χ0n) is 17.6. The van der Waals surface area contributed by atoms with Crippen molar-refractivity contribution in [2.75, 3.05) is 18.5 Å². The van der Waals surface area contributed by atoms with Crippen LogP contribution >= 0.6 is 0 Å². The van der Waals surface area contributed by atoms with Crippen LogP contribution in [0.15, 0.2) is 36.8 Å². The molecule has 0 bridgehead atoms. The Labute approximate surface area is 178 Å². The van der Waals surface area contributed by atoms with Gasteiger partial charge in [0.25, 0.3) is 5.91 Å². The zero-order chi connectivity index (χ0) is 22.4. The highest BCUT2D eigenvalue weighted by Crippen LogP contribution is 2.29. The third-order valence-electron chi connectivity index (χ3n) is 4.32. The van der Waals surface area contributed by atoms with Gasteiger partial charge >= 0.3 is 5.69 Å². The number of carbonyl (C=O) groups excluding carboxylic acids is 1. The molecule has 0 unspecified atom stereocenters. The number of nitrogens with one attached hydrogen (secondary N) is 1. The SMILES string of the molecule is CCOc1ccc(Cn2cc(NC(=O)c3nn(CC)cc3[N+](=O)[O-])cn2)cc1OCC. The van der Waals surface area contributed by atoms with Crippen molar-refractivity contribution in [3.05, 3.63) is 58.2 Å². The maximum Gasteiger partial charge on any atom is 0.320 e. The minimum absolute atomic E-state index is 0.243. The second-order valence-electron chi connectivity index (χ2n) is 6.50. The molecule has 0 fully saturated rings. The predicted octanol–water partition coefficient (Wildman–Crippen LogP) is 3.11. The number of hydrogen-bond acceptors (Lipinski definition) is 7. The van der Waals surface area contributed by atoms with E-state index in [1.165, 1.54) is 17.1 Å². The van der Waals surface area contributed by atoms with Gasteiger partial charge in [0.2, 0.25) is 5.69 Å². The van der Waals surface area contributed by atoms with Crippen LogP contribution < -0.4 is 14.8 Å². The van der Waals surface area contributed by atoms with Crippen molar-refractivity contribution in [3.63, 3.8) is 0 Å². The van der Waals surface area contributed by atoms with E-state index in [0.717, 1.165) is 5.56 Å². The zero-order valence-corrected chi connectivity index (χ0v) is 17.6. The number of aromatic nitrogens is 4. The van der Waals surface area contributed by atoms with E-state index in [4.69, 9.17) is 9.47 Å². The van der Waals surface area contributed by atoms with Crippen LogP contribution in [0.2, 0.25) is 0 Å². The van der Waals surface area contributed by atoms with Gasteiger partial charge < -0.3 is 14.8 Å². The summed E-state index contributed by atoms with van der Waals surface area (Å²) < 4.78 is 14.2. The molecule has 3 rings (SSSR count). The van der Waals surface area contributed by atoms with Crippen LogP contribution in [0, 0.1) is 10.1 Å². The van der Waals surface area contributed by atoms with Gasteiger partial charge in [-0.05, 0) is 38.5 Å². The normalized spacial score (nSPS) is 10.7. The first-order valence-corrected chi connectivity index (χ1v) is 9.89. The number of aryl methyl sites for hydroxylation is 1. The van der Waals surface area contributed by atoms with E-state index in [0.29, 0.717) is 43.5 Å². The van der Waals surface area contributed by atoms with Crippen LogP contribution in [0.1, 0.15) is 36.8 Å². The third-order valence-corrected chi connectivity index (χ3v) is 4.32. The van der Waals surface area contributed by atoms with E-state index >= 15 is 0 Å². The second-order valence-corrected chi connectivity index (χ2v) is 6.50. The van der Waals surface area contributed by atoms with Crippen molar-refractivity contribution in [2.24, 2.45) is 0 Å². The van der Waals surface area contributed by atoms with Crippen LogP contribution in [0.4, 0.5) is 11.4 Å². The first-order chi connectivity index (χ1) is 14.9. The molecule has 31 heavy (non-hydrogen) atoms. The lowest BCUT2D eigenvalue weighted by atomic mass is 10.2. The smallest absolute Gasteiger partial charge is 0.320 e. The fourth-order valence-corrected chi connectivity index (χ4v) is 2.95. The number of nitrogens with zero attached hydrogens (tertiary/aromatic N) is 5. The van der Waals surface area contributed by atoms with Gasteiger partial charge in [-0.3, -0.25) is 24.3 Å². The maximum absolute atomic E-state index is 12.5. The summed E-state index contributed by atoms with van der Waals surface area (Å²) >= 11 is 0. The van der Waals surface area contributed by atoms with Gasteiger partial charge in [0, 0.05) is 12.7 Å². The topological polar surface area (TPSA) is 126 Å². The van der Waals surface area contributed by atoms with E-state index in [9.17, 15) is 14.9 Å². The number of hydrogen-bond donors (Lipinski definition) is 1. The fourth-order valence-electron chi connectivity index (χ4n) is 2.95. The Bertz CT molecular complexity index is 1070. The average molecular weight is 428 g/mol. The van der Waals surface area contributed by atoms with E-state index in [-0.39, 0.29) is 11.4 Å². The number of amides is 1. The first kappa shape index (κ1) is 21.8. The predicted molar refractivity (Wildman–Crippen MR) is 113 cm³/mol. The standard InChI is InChI=1S/C20H24N6O5/c1-4-24-13-16(26(28)29)19(23-24)20(27)22-15-10-21-25(12-15)11-14-7-8-17(30-5-2)18(9-14)31-6-3/h7-10,12-13H,4-6,11H2,1-3H3,(H,22,27). The lowest BCUT2D eigenvalue weighted by Crippen LogP contribution is -2.14. The molecule has 0 aliphatic rings. The van der Waals surface area contributed by atoms with Crippen LogP contribution in [-0.4, -0.2) is 43.6 Å². The molecule has 0 aliphatic heterocycles. The molecular formula is C20H24N6O5. The number of anilines is 1. The molecule has 2 heterocycles. The third kappa shape index (κ3) is 5.18. The van der Waals surface area contributed by atoms with Gasteiger partial charge in [-0.25, -0.2) is 0 Å². The molecule has 1 N–H and O–H groups in total. The van der Waals surface area contributed by atoms with Crippen molar-refractivity contribution in [1.29, 1.82) is 0 Å². The summed E-state index contributed by atoms with van der Waals surface area (Å²) in [4.78, 5) is 23.1. The number of ether oxygens (including phenoxy) is 2. The highest BCUT2D eigenvalue weighted by atomic mass is 16.6. The number of rotatable bonds is 10. The molecule has 0 radical (unpaired) electrons. The molecule has 11 heteroatoms. The summed E-state index contributed by atoms with van der Waals surface area (Å²) in [6.07, 6.45) is 4.34. The summed E-state index contributed by atoms with van der Waals surface area (Å²) in [5.41, 5.74) is 0.753. The lowest BCUT2D eigenvalue weighted by molar-refractivity contribution is -0.385. The van der Waals surface area contributed by atoms with Gasteiger partial charge in [-0.2, -0.15) is 10.2 Å². The largest absolute Gasteiger partial charge is 0.490 e. The Morgan fingerprint density at radius 1 is 1.13 bits per heavy atom. The summed E-state index contributed by atoms with van der Waals surface area (Å²) in [5, 5.41) is 22.0. The monoisotopic (exact) mass is 428 g/mol. The molecular weight excluding hydrogens is 404 g/mol. The maximum atomic E-state index is 12.5. The lowest BCUT2D eigenvalue weighted by Gasteiger charge is -2.12. The highest BCUT2D eigenvalue weighted by molar-refractivity contribution is 6.05. The Kier molecular flexibility index (Phi) is 6.85. The average Bonchev–Trinajstić information content (AvgIpc) is 3.37. The Balaban J connectivity index is 1.72. The number of carbonyl (C=O) groups is 1. The summed E-state index contributed by atoms with van der Waals surface area (Å²) in [6.45, 7) is 7.49. The quantitative estimate of drug-likeness (QED) is 0.388. The first-order valence-electron chi connectivity index (χ1n) is 9.89. The van der Waals surface area contributed by atoms with E-state index in [2.05, 4.69) is 15.5 Å². The molecule has 0 saturated heterocycles. The van der Waals surface area contributed by atoms with Crippen molar-refractivity contribution < 1.29 is 19.2 Å². The molecule has 164 valence electrons. The molecule has 0 spiro atoms. The molecule has 0 saturated carbocycles. The molecule has 1 amide bonds. The molecule has 2 aromatic heterocycles. The van der Waals surface area contributed by atoms with Crippen molar-refractivity contribution in [1.82, 2.24) is 19.6 Å². The minimum atomic E-state index is -0.668. The van der Waals surface area contributed by atoms with Gasteiger partial charge in [0.1, 0.15) is 6.20 Å². The molecule has 0 aliphatic carbocycles. The summed E-state index contributed by atoms with van der Waals surface area (Å²) in [5.74, 6) is 0.661. The summed E-state index contributed by atoms with van der Waals surface area (Å²) in [7, 11) is 0. The van der Waals surface area contributed by atoms with E-state index < -0.39 is 10.8 Å². The van der Waals surface area contributed by atoms with Gasteiger partial charge in [-0.15, -0.1) is 0 Å². The molecule has 0 atom stereocenters. The Morgan fingerprint density at radius 2 is 1.87 bits per heavy atom. The van der Waals surface area contributed by atoms with Crippen LogP contribution in [0.3, 0.4) is 0 Å². The molecule has 11 nitrogen and oxygen atoms in total.